The Labute approximate surface area is 184 Å². The summed E-state index contributed by atoms with van der Waals surface area (Å²) in [7, 11) is -0.424. The summed E-state index contributed by atoms with van der Waals surface area (Å²) in [6.45, 7) is 6.73. The maximum absolute atomic E-state index is 11.7. The summed E-state index contributed by atoms with van der Waals surface area (Å²) in [6, 6.07) is 6.55. The molecule has 0 heterocycles. The van der Waals surface area contributed by atoms with E-state index in [0.29, 0.717) is 25.6 Å². The van der Waals surface area contributed by atoms with E-state index in [9.17, 15) is 13.2 Å². The Morgan fingerprint density at radius 1 is 1.07 bits per heavy atom. The average Bonchev–Trinajstić information content (AvgIpc) is 2.60. The minimum Gasteiger partial charge on any atom is -0.444 e. The van der Waals surface area contributed by atoms with E-state index >= 15 is 0 Å². The van der Waals surface area contributed by atoms with Crippen LogP contribution >= 0.6 is 24.0 Å². The number of hydrogen-bond donors (Lipinski definition) is 4. The normalized spacial score (nSPS) is 12.0. The van der Waals surface area contributed by atoms with Gasteiger partial charge in [-0.3, -0.25) is 4.99 Å². The molecule has 0 fully saturated rings. The maximum Gasteiger partial charge on any atom is 0.407 e. The molecule has 0 aliphatic rings. The first-order valence-corrected chi connectivity index (χ1v) is 9.99. The highest BCUT2D eigenvalue weighted by Gasteiger charge is 2.15. The fraction of sp³-hybridized carbons (Fsp3) is 0.529. The number of alkyl carbamates (subject to hydrolysis) is 1. The fourth-order valence-corrected chi connectivity index (χ4v) is 2.70. The lowest BCUT2D eigenvalue weighted by Gasteiger charge is -2.20. The Kier molecular flexibility index (Phi) is 11.4. The molecule has 0 atom stereocenters. The third-order valence-electron chi connectivity index (χ3n) is 3.27. The summed E-state index contributed by atoms with van der Waals surface area (Å²) in [6.07, 6.45) is -0.469. The zero-order valence-electron chi connectivity index (χ0n) is 16.8. The van der Waals surface area contributed by atoms with Crippen LogP contribution in [0, 0.1) is 0 Å². The van der Waals surface area contributed by atoms with E-state index in [1.807, 2.05) is 0 Å². The van der Waals surface area contributed by atoms with Crippen molar-refractivity contribution in [1.29, 1.82) is 0 Å². The zero-order valence-corrected chi connectivity index (χ0v) is 20.0. The molecule has 28 heavy (non-hydrogen) atoms. The van der Waals surface area contributed by atoms with Gasteiger partial charge in [0.1, 0.15) is 5.60 Å². The van der Waals surface area contributed by atoms with Crippen molar-refractivity contribution in [1.82, 2.24) is 20.7 Å². The number of amides is 1. The van der Waals surface area contributed by atoms with Crippen LogP contribution in [0.15, 0.2) is 34.2 Å². The van der Waals surface area contributed by atoms with E-state index in [-0.39, 0.29) is 28.9 Å². The van der Waals surface area contributed by atoms with Gasteiger partial charge in [0.05, 0.1) is 4.90 Å². The van der Waals surface area contributed by atoms with E-state index < -0.39 is 21.7 Å². The van der Waals surface area contributed by atoms with Gasteiger partial charge in [-0.05, 0) is 45.5 Å². The molecule has 4 N–H and O–H groups in total. The molecule has 1 amide bonds. The smallest absolute Gasteiger partial charge is 0.407 e. The summed E-state index contributed by atoms with van der Waals surface area (Å²) < 4.78 is 30.8. The summed E-state index contributed by atoms with van der Waals surface area (Å²) in [4.78, 5) is 15.9. The number of nitrogens with one attached hydrogen (secondary N) is 4. The quantitative estimate of drug-likeness (QED) is 0.184. The monoisotopic (exact) mass is 527 g/mol. The van der Waals surface area contributed by atoms with Gasteiger partial charge in [-0.1, -0.05) is 12.1 Å². The highest BCUT2D eigenvalue weighted by atomic mass is 127. The number of rotatable bonds is 7. The molecule has 0 saturated carbocycles. The molecule has 11 heteroatoms. The number of benzene rings is 1. The van der Waals surface area contributed by atoms with E-state index in [1.54, 1.807) is 52.1 Å². The largest absolute Gasteiger partial charge is 0.444 e. The number of nitrogens with zero attached hydrogens (tertiary/aromatic N) is 1. The topological polar surface area (TPSA) is 121 Å². The highest BCUT2D eigenvalue weighted by molar-refractivity contribution is 14.0. The second-order valence-corrected chi connectivity index (χ2v) is 8.52. The molecule has 0 bridgehead atoms. The first-order chi connectivity index (χ1) is 12.6. The average molecular weight is 527 g/mol. The van der Waals surface area contributed by atoms with Crippen LogP contribution in [0.4, 0.5) is 4.79 Å². The number of halogens is 1. The molecule has 0 aliphatic heterocycles. The molecule has 1 rings (SSSR count). The number of guanidine groups is 1. The van der Waals surface area contributed by atoms with Gasteiger partial charge in [-0.2, -0.15) is 0 Å². The molecule has 1 aromatic rings. The van der Waals surface area contributed by atoms with Gasteiger partial charge in [-0.25, -0.2) is 17.9 Å². The minimum absolute atomic E-state index is 0. The lowest BCUT2D eigenvalue weighted by atomic mass is 10.2. The second-order valence-electron chi connectivity index (χ2n) is 6.63. The molecule has 0 saturated heterocycles. The number of ether oxygens (including phenoxy) is 1. The minimum atomic E-state index is -3.44. The van der Waals surface area contributed by atoms with Crippen LogP contribution in [-0.4, -0.2) is 53.3 Å². The molecule has 9 nitrogen and oxygen atoms in total. The predicted molar refractivity (Wildman–Crippen MR) is 121 cm³/mol. The van der Waals surface area contributed by atoms with Gasteiger partial charge in [0, 0.05) is 26.7 Å². The number of carbonyl (C=O) groups excluding carboxylic acids is 1. The molecule has 160 valence electrons. The highest BCUT2D eigenvalue weighted by Crippen LogP contribution is 2.10. The van der Waals surface area contributed by atoms with Gasteiger partial charge < -0.3 is 20.7 Å². The standard InChI is InChI=1S/C17H29N5O4S.HI/c1-17(2,3)26-16(23)21-11-10-20-15(18-4)22-12-13-6-8-14(9-7-13)27(24,25)19-5;/h6-9,19H,10-12H2,1-5H3,(H,21,23)(H2,18,20,22);1H. The van der Waals surface area contributed by atoms with Gasteiger partial charge in [0.2, 0.25) is 10.0 Å². The van der Waals surface area contributed by atoms with E-state index in [4.69, 9.17) is 4.74 Å². The van der Waals surface area contributed by atoms with Crippen molar-refractivity contribution in [2.24, 2.45) is 4.99 Å². The van der Waals surface area contributed by atoms with Crippen molar-refractivity contribution in [2.45, 2.75) is 37.8 Å². The molecule has 1 aromatic carbocycles. The Bertz CT molecular complexity index is 746. The lowest BCUT2D eigenvalue weighted by molar-refractivity contribution is 0.0529. The number of hydrogen-bond acceptors (Lipinski definition) is 5. The van der Waals surface area contributed by atoms with Crippen LogP contribution in [0.1, 0.15) is 26.3 Å². The van der Waals surface area contributed by atoms with Gasteiger partial charge in [0.25, 0.3) is 0 Å². The van der Waals surface area contributed by atoms with E-state index in [1.165, 1.54) is 7.05 Å². The van der Waals surface area contributed by atoms with Crippen LogP contribution in [0.5, 0.6) is 0 Å². The van der Waals surface area contributed by atoms with Crippen LogP contribution in [0.25, 0.3) is 0 Å². The summed E-state index contributed by atoms with van der Waals surface area (Å²) in [5.74, 6) is 0.563. The second kappa shape index (κ2) is 12.1. The first kappa shape index (κ1) is 26.4. The van der Waals surface area contributed by atoms with Crippen molar-refractivity contribution in [2.75, 3.05) is 27.2 Å². The van der Waals surface area contributed by atoms with Gasteiger partial charge >= 0.3 is 6.09 Å². The summed E-state index contributed by atoms with van der Waals surface area (Å²) >= 11 is 0. The summed E-state index contributed by atoms with van der Waals surface area (Å²) in [5.41, 5.74) is 0.372. The van der Waals surface area contributed by atoms with Crippen molar-refractivity contribution in [3.8, 4) is 0 Å². The molecule has 0 spiro atoms. The predicted octanol–water partition coefficient (Wildman–Crippen LogP) is 1.40. The number of carbonyl (C=O) groups is 1. The molecule has 0 aromatic heterocycles. The zero-order chi connectivity index (χ0) is 20.5. The summed E-state index contributed by atoms with van der Waals surface area (Å²) in [5, 5.41) is 8.83. The van der Waals surface area contributed by atoms with Crippen LogP contribution in [0.3, 0.4) is 0 Å². The Hall–Kier alpha value is -1.60. The van der Waals surface area contributed by atoms with Crippen molar-refractivity contribution >= 4 is 46.1 Å². The molecule has 0 unspecified atom stereocenters. The van der Waals surface area contributed by atoms with Gasteiger partial charge in [-0.15, -0.1) is 24.0 Å². The SMILES string of the molecule is CN=C(NCCNC(=O)OC(C)(C)C)NCc1ccc(S(=O)(=O)NC)cc1.I. The molecular weight excluding hydrogens is 497 g/mol. The lowest BCUT2D eigenvalue weighted by Crippen LogP contribution is -2.42. The third-order valence-corrected chi connectivity index (χ3v) is 4.70. The van der Waals surface area contributed by atoms with Crippen molar-refractivity contribution in [3.63, 3.8) is 0 Å². The number of aliphatic imine (C=N–C) groups is 1. The Morgan fingerprint density at radius 3 is 2.14 bits per heavy atom. The van der Waals surface area contributed by atoms with Crippen LogP contribution in [-0.2, 0) is 21.3 Å². The third kappa shape index (κ3) is 10.1. The van der Waals surface area contributed by atoms with Crippen molar-refractivity contribution < 1.29 is 17.9 Å². The van der Waals surface area contributed by atoms with E-state index in [0.717, 1.165) is 5.56 Å². The fourth-order valence-electron chi connectivity index (χ4n) is 1.97. The maximum atomic E-state index is 11.7. The van der Waals surface area contributed by atoms with Gasteiger partial charge in [0.15, 0.2) is 5.96 Å². The van der Waals surface area contributed by atoms with Crippen LogP contribution in [0.2, 0.25) is 0 Å². The molecule has 0 aliphatic carbocycles. The molecule has 0 radical (unpaired) electrons. The van der Waals surface area contributed by atoms with E-state index in [2.05, 4.69) is 25.7 Å². The molecular formula is C17H30IN5O4S. The Morgan fingerprint density at radius 2 is 1.64 bits per heavy atom. The first-order valence-electron chi connectivity index (χ1n) is 8.51. The van der Waals surface area contributed by atoms with Crippen LogP contribution < -0.4 is 20.7 Å². The number of sulfonamides is 1. The Balaban J connectivity index is 0.00000729. The van der Waals surface area contributed by atoms with Crippen molar-refractivity contribution in [3.05, 3.63) is 29.8 Å².